The molecule has 0 aromatic heterocycles. The van der Waals surface area contributed by atoms with Crippen LogP contribution in [0.15, 0.2) is 23.3 Å². The predicted octanol–water partition coefficient (Wildman–Crippen LogP) is 6.26. The van der Waals surface area contributed by atoms with Crippen molar-refractivity contribution in [2.75, 3.05) is 0 Å². The Morgan fingerprint density at radius 1 is 0.882 bits per heavy atom. The summed E-state index contributed by atoms with van der Waals surface area (Å²) in [6.45, 7) is 2.51. The molecule has 0 spiro atoms. The average molecular weight is 249 g/mol. The van der Waals surface area contributed by atoms with Crippen LogP contribution in [0.25, 0.3) is 0 Å². The highest BCUT2D eigenvalue weighted by atomic mass is 31.1. The molecule has 17 heavy (non-hydrogen) atoms. The van der Waals surface area contributed by atoms with Crippen molar-refractivity contribution in [2.45, 2.75) is 71.1 Å². The van der Waals surface area contributed by atoms with Crippen LogP contribution in [0, 0.1) is 5.41 Å². The summed E-state index contributed by atoms with van der Waals surface area (Å²) in [5.74, 6) is 2.30. The summed E-state index contributed by atoms with van der Waals surface area (Å²) in [5, 5.41) is 1.68. The molecule has 1 heteroatoms. The molecule has 1 aliphatic heterocycles. The molecule has 1 fully saturated rings. The maximum Gasteiger partial charge on any atom is -0.00644 e. The normalized spacial score (nSPS) is 27.7. The molecule has 1 radical (unpaired) electrons. The zero-order valence-electron chi connectivity index (χ0n) is 11.3. The monoisotopic (exact) mass is 249 g/mol. The van der Waals surface area contributed by atoms with Crippen LogP contribution in [-0.4, -0.2) is 0 Å². The number of rotatable bonds is 1. The Hall–Kier alpha value is -0.0900. The van der Waals surface area contributed by atoms with E-state index in [9.17, 15) is 0 Å². The highest BCUT2D eigenvalue weighted by Gasteiger charge is 2.28. The number of allylic oxidation sites excluding steroid dienone is 3. The predicted molar refractivity (Wildman–Crippen MR) is 78.4 cm³/mol. The van der Waals surface area contributed by atoms with Gasteiger partial charge < -0.3 is 0 Å². The molecule has 1 saturated carbocycles. The Bertz CT molecular complexity index is 276. The summed E-state index contributed by atoms with van der Waals surface area (Å²) >= 11 is 0. The molecule has 0 N–H and O–H groups in total. The van der Waals surface area contributed by atoms with E-state index in [1.54, 1.807) is 5.31 Å². The summed E-state index contributed by atoms with van der Waals surface area (Å²) in [6.07, 6.45) is 19.1. The fourth-order valence-corrected chi connectivity index (χ4v) is 4.17. The van der Waals surface area contributed by atoms with Crippen molar-refractivity contribution in [3.8, 4) is 0 Å². The van der Waals surface area contributed by atoms with E-state index in [-0.39, 0.29) is 0 Å². The average Bonchev–Trinajstić information content (AvgIpc) is 2.84. The molecule has 0 atom stereocenters. The van der Waals surface area contributed by atoms with Crippen LogP contribution in [-0.2, 0) is 0 Å². The summed E-state index contributed by atoms with van der Waals surface area (Å²) in [4.78, 5) is 0. The van der Waals surface area contributed by atoms with Crippen LogP contribution >= 0.6 is 8.58 Å². The van der Waals surface area contributed by atoms with Gasteiger partial charge in [0.05, 0.1) is 0 Å². The molecule has 95 valence electrons. The molecule has 2 aliphatic rings. The molecule has 0 aromatic carbocycles. The van der Waals surface area contributed by atoms with Crippen LogP contribution < -0.4 is 0 Å². The van der Waals surface area contributed by atoms with Crippen LogP contribution in [0.3, 0.4) is 0 Å². The maximum absolute atomic E-state index is 2.51. The third-order valence-corrected chi connectivity index (χ3v) is 5.67. The van der Waals surface area contributed by atoms with Gasteiger partial charge >= 0.3 is 0 Å². The van der Waals surface area contributed by atoms with E-state index >= 15 is 0 Å². The van der Waals surface area contributed by atoms with Crippen molar-refractivity contribution in [3.63, 3.8) is 0 Å². The second-order valence-electron chi connectivity index (χ2n) is 5.91. The lowest BCUT2D eigenvalue weighted by Gasteiger charge is -2.31. The first-order valence-corrected chi connectivity index (χ1v) is 8.36. The quantitative estimate of drug-likeness (QED) is 0.481. The van der Waals surface area contributed by atoms with Crippen molar-refractivity contribution >= 4 is 8.58 Å². The Labute approximate surface area is 109 Å². The van der Waals surface area contributed by atoms with Gasteiger partial charge in [-0.15, -0.1) is 0 Å². The molecule has 0 amide bonds. The van der Waals surface area contributed by atoms with E-state index in [4.69, 9.17) is 0 Å². The van der Waals surface area contributed by atoms with Crippen LogP contribution in [0.4, 0.5) is 0 Å². The van der Waals surface area contributed by atoms with Gasteiger partial charge in [0.15, 0.2) is 0 Å². The van der Waals surface area contributed by atoms with Crippen LogP contribution in [0.5, 0.6) is 0 Å². The minimum absolute atomic E-state index is 0.495. The third kappa shape index (κ3) is 3.95. The second kappa shape index (κ2) is 6.74. The van der Waals surface area contributed by atoms with E-state index in [1.807, 2.05) is 0 Å². The van der Waals surface area contributed by atoms with E-state index in [0.29, 0.717) is 5.41 Å². The molecule has 0 nitrogen and oxygen atoms in total. The van der Waals surface area contributed by atoms with Crippen LogP contribution in [0.2, 0.25) is 0 Å². The largest absolute Gasteiger partial charge is 0.0608 e. The summed E-state index contributed by atoms with van der Waals surface area (Å²) in [5.41, 5.74) is 0.495. The molecular formula is C16H26P. The Balaban J connectivity index is 1.95. The summed E-state index contributed by atoms with van der Waals surface area (Å²) < 4.78 is 0. The van der Waals surface area contributed by atoms with E-state index in [2.05, 4.69) is 24.9 Å². The topological polar surface area (TPSA) is 0 Å². The molecule has 0 bridgehead atoms. The number of hydrogen-bond acceptors (Lipinski definition) is 0. The standard InChI is InChI=1S/C16H26P/c1-16(15-11-10-14-17-15)12-8-6-4-2-3-5-7-9-13-16/h10-11,14H,2-9,12-13H2,1H3. The zero-order valence-corrected chi connectivity index (χ0v) is 12.1. The Morgan fingerprint density at radius 3 is 1.88 bits per heavy atom. The van der Waals surface area contributed by atoms with Gasteiger partial charge in [-0.2, -0.15) is 0 Å². The lowest BCUT2D eigenvalue weighted by molar-refractivity contribution is 0.327. The van der Waals surface area contributed by atoms with Gasteiger partial charge in [0.2, 0.25) is 0 Å². The van der Waals surface area contributed by atoms with Crippen molar-refractivity contribution < 1.29 is 0 Å². The molecule has 1 heterocycles. The summed E-state index contributed by atoms with van der Waals surface area (Å²) in [7, 11) is 1.47. The smallest absolute Gasteiger partial charge is 0.00644 e. The summed E-state index contributed by atoms with van der Waals surface area (Å²) in [6, 6.07) is 0. The molecule has 0 saturated heterocycles. The van der Waals surface area contributed by atoms with Crippen molar-refractivity contribution in [1.82, 2.24) is 0 Å². The first kappa shape index (κ1) is 13.3. The van der Waals surface area contributed by atoms with E-state index < -0.39 is 0 Å². The van der Waals surface area contributed by atoms with Crippen molar-refractivity contribution in [2.24, 2.45) is 5.41 Å². The fraction of sp³-hybridized carbons (Fsp3) is 0.750. The maximum atomic E-state index is 2.51. The lowest BCUT2D eigenvalue weighted by Crippen LogP contribution is -2.17. The zero-order chi connectivity index (χ0) is 12.0. The van der Waals surface area contributed by atoms with E-state index in [1.165, 1.54) is 72.8 Å². The molecule has 0 aromatic rings. The second-order valence-corrected chi connectivity index (χ2v) is 6.95. The highest BCUT2D eigenvalue weighted by molar-refractivity contribution is 7.47. The molecule has 1 aliphatic carbocycles. The number of hydrogen-bond donors (Lipinski definition) is 0. The van der Waals surface area contributed by atoms with Crippen molar-refractivity contribution in [1.29, 1.82) is 0 Å². The first-order valence-electron chi connectivity index (χ1n) is 7.39. The highest BCUT2D eigenvalue weighted by Crippen LogP contribution is 2.49. The SMILES string of the molecule is CC1(C2=CC=C[P]2)CCCCCCCCCC1. The lowest BCUT2D eigenvalue weighted by atomic mass is 9.79. The molecule has 2 rings (SSSR count). The van der Waals surface area contributed by atoms with Gasteiger partial charge in [-0.3, -0.25) is 0 Å². The molecule has 0 unspecified atom stereocenters. The van der Waals surface area contributed by atoms with E-state index in [0.717, 1.165) is 0 Å². The van der Waals surface area contributed by atoms with Gasteiger partial charge in [0.25, 0.3) is 0 Å². The van der Waals surface area contributed by atoms with Gasteiger partial charge in [-0.05, 0) is 32.2 Å². The van der Waals surface area contributed by atoms with Gasteiger partial charge in [-0.1, -0.05) is 76.3 Å². The fourth-order valence-electron chi connectivity index (χ4n) is 3.13. The van der Waals surface area contributed by atoms with Crippen molar-refractivity contribution in [3.05, 3.63) is 23.3 Å². The minimum Gasteiger partial charge on any atom is -0.0608 e. The van der Waals surface area contributed by atoms with Gasteiger partial charge in [-0.25, -0.2) is 0 Å². The first-order chi connectivity index (χ1) is 8.31. The Morgan fingerprint density at radius 2 is 1.41 bits per heavy atom. The third-order valence-electron chi connectivity index (χ3n) is 4.38. The molecular weight excluding hydrogens is 223 g/mol. The van der Waals surface area contributed by atoms with Gasteiger partial charge in [0, 0.05) is 0 Å². The minimum atomic E-state index is 0.495. The Kier molecular flexibility index (Phi) is 5.29. The van der Waals surface area contributed by atoms with Gasteiger partial charge in [0.1, 0.15) is 0 Å². The van der Waals surface area contributed by atoms with Crippen LogP contribution in [0.1, 0.15) is 71.1 Å².